The van der Waals surface area contributed by atoms with Crippen molar-refractivity contribution in [2.24, 2.45) is 0 Å². The van der Waals surface area contributed by atoms with Gasteiger partial charge < -0.3 is 4.42 Å². The Morgan fingerprint density at radius 1 is 0.561 bits per heavy atom. The number of hydrogen-bond acceptors (Lipinski definition) is 3. The second kappa shape index (κ2) is 8.40. The highest BCUT2D eigenvalue weighted by atomic mass is 35.5. The monoisotopic (exact) mass is 545 g/mol. The minimum Gasteiger partial charge on any atom is -0.450 e. The third-order valence-electron chi connectivity index (χ3n) is 8.11. The third-order valence-corrected chi connectivity index (χ3v) is 8.28. The van der Waals surface area contributed by atoms with E-state index in [4.69, 9.17) is 21.0 Å². The first-order valence-corrected chi connectivity index (χ1v) is 13.9. The fourth-order valence-electron chi connectivity index (χ4n) is 6.26. The van der Waals surface area contributed by atoms with Crippen molar-refractivity contribution in [1.29, 1.82) is 0 Å². The Morgan fingerprint density at radius 2 is 1.32 bits per heavy atom. The van der Waals surface area contributed by atoms with Gasteiger partial charge in [0.15, 0.2) is 11.4 Å². The number of aromatic nitrogens is 3. The smallest absolute Gasteiger partial charge is 0.225 e. The molecule has 41 heavy (non-hydrogen) atoms. The standard InChI is InChI=1S/C36H20ClN3O/c37-36-38-33-28-18-23-11-4-5-12-24(23)20-31(28)41-34(33)35(39-36)40-29-17-15-22-10-6-7-13-26(22)32(29)27-16-14-25(19-30(27)40)21-8-2-1-3-9-21/h1-20H. The lowest BCUT2D eigenvalue weighted by Gasteiger charge is -2.09. The van der Waals surface area contributed by atoms with Gasteiger partial charge in [0.1, 0.15) is 11.1 Å². The molecule has 5 heteroatoms. The molecule has 0 aliphatic heterocycles. The molecule has 4 nitrogen and oxygen atoms in total. The molecule has 6 aromatic carbocycles. The van der Waals surface area contributed by atoms with Crippen LogP contribution in [-0.4, -0.2) is 14.5 Å². The molecule has 0 unspecified atom stereocenters. The molecule has 0 spiro atoms. The van der Waals surface area contributed by atoms with Gasteiger partial charge >= 0.3 is 0 Å². The highest BCUT2D eigenvalue weighted by molar-refractivity contribution is 6.29. The Hall–Kier alpha value is -5.19. The Labute approximate surface area is 239 Å². The largest absolute Gasteiger partial charge is 0.450 e. The molecule has 0 saturated carbocycles. The zero-order valence-electron chi connectivity index (χ0n) is 21.7. The second-order valence-corrected chi connectivity index (χ2v) is 10.7. The van der Waals surface area contributed by atoms with Gasteiger partial charge in [-0.3, -0.25) is 4.57 Å². The number of fused-ring (bicyclic) bond motifs is 9. The number of rotatable bonds is 2. The molecule has 3 heterocycles. The minimum atomic E-state index is 0.179. The number of nitrogens with zero attached hydrogens (tertiary/aromatic N) is 3. The Kier molecular flexibility index (Phi) is 4.63. The summed E-state index contributed by atoms with van der Waals surface area (Å²) in [6.07, 6.45) is 0. The molecule has 0 bridgehead atoms. The maximum atomic E-state index is 6.66. The quantitative estimate of drug-likeness (QED) is 0.203. The molecular weight excluding hydrogens is 526 g/mol. The molecule has 9 aromatic rings. The van der Waals surface area contributed by atoms with Crippen LogP contribution in [0.4, 0.5) is 0 Å². The molecule has 0 fully saturated rings. The molecule has 0 saturated heterocycles. The van der Waals surface area contributed by atoms with Gasteiger partial charge in [-0.05, 0) is 68.5 Å². The van der Waals surface area contributed by atoms with E-state index < -0.39 is 0 Å². The lowest BCUT2D eigenvalue weighted by molar-refractivity contribution is 0.662. The van der Waals surface area contributed by atoms with Crippen LogP contribution >= 0.6 is 11.6 Å². The summed E-state index contributed by atoms with van der Waals surface area (Å²) < 4.78 is 8.75. The summed E-state index contributed by atoms with van der Waals surface area (Å²) in [6, 6.07) is 42.3. The normalized spacial score (nSPS) is 12.0. The van der Waals surface area contributed by atoms with Gasteiger partial charge in [0.25, 0.3) is 0 Å². The number of halogens is 1. The summed E-state index contributed by atoms with van der Waals surface area (Å²) in [5.41, 5.74) is 6.40. The lowest BCUT2D eigenvalue weighted by atomic mass is 10.0. The van der Waals surface area contributed by atoms with E-state index in [9.17, 15) is 0 Å². The van der Waals surface area contributed by atoms with E-state index in [1.165, 1.54) is 16.2 Å². The van der Waals surface area contributed by atoms with Crippen molar-refractivity contribution in [2.45, 2.75) is 0 Å². The zero-order chi connectivity index (χ0) is 27.1. The Bertz CT molecular complexity index is 2490. The fraction of sp³-hybridized carbons (Fsp3) is 0. The van der Waals surface area contributed by atoms with Crippen molar-refractivity contribution in [1.82, 2.24) is 14.5 Å². The van der Waals surface area contributed by atoms with Crippen molar-refractivity contribution < 1.29 is 4.42 Å². The number of hydrogen-bond donors (Lipinski definition) is 0. The molecule has 0 atom stereocenters. The summed E-state index contributed by atoms with van der Waals surface area (Å²) >= 11 is 6.66. The lowest BCUT2D eigenvalue weighted by Crippen LogP contribution is -2.00. The van der Waals surface area contributed by atoms with Crippen LogP contribution in [-0.2, 0) is 0 Å². The van der Waals surface area contributed by atoms with Gasteiger partial charge in [-0.1, -0.05) is 97.1 Å². The molecule has 0 N–H and O–H groups in total. The minimum absolute atomic E-state index is 0.179. The predicted octanol–water partition coefficient (Wildman–Crippen LogP) is 10.1. The first-order chi connectivity index (χ1) is 20.2. The van der Waals surface area contributed by atoms with Crippen LogP contribution in [0.5, 0.6) is 0 Å². The summed E-state index contributed by atoms with van der Waals surface area (Å²) in [7, 11) is 0. The van der Waals surface area contributed by atoms with Crippen LogP contribution in [0.25, 0.3) is 82.4 Å². The topological polar surface area (TPSA) is 43.9 Å². The maximum Gasteiger partial charge on any atom is 0.225 e. The molecule has 0 amide bonds. The van der Waals surface area contributed by atoms with Gasteiger partial charge in [-0.25, -0.2) is 4.98 Å². The van der Waals surface area contributed by atoms with E-state index in [-0.39, 0.29) is 5.28 Å². The molecule has 0 aliphatic rings. The maximum absolute atomic E-state index is 6.66. The number of benzene rings is 6. The number of furan rings is 1. The summed E-state index contributed by atoms with van der Waals surface area (Å²) in [5.74, 6) is 0.626. The first-order valence-electron chi connectivity index (χ1n) is 13.5. The van der Waals surface area contributed by atoms with E-state index >= 15 is 0 Å². The summed E-state index contributed by atoms with van der Waals surface area (Å²) in [6.45, 7) is 0. The van der Waals surface area contributed by atoms with Gasteiger partial charge in [-0.2, -0.15) is 4.98 Å². The van der Waals surface area contributed by atoms with Crippen molar-refractivity contribution >= 4 is 77.0 Å². The van der Waals surface area contributed by atoms with Crippen LogP contribution < -0.4 is 0 Å². The van der Waals surface area contributed by atoms with Gasteiger partial charge in [0, 0.05) is 16.2 Å². The Morgan fingerprint density at radius 3 is 2.17 bits per heavy atom. The van der Waals surface area contributed by atoms with Crippen molar-refractivity contribution in [3.8, 4) is 16.9 Å². The van der Waals surface area contributed by atoms with Crippen LogP contribution in [0.3, 0.4) is 0 Å². The molecule has 192 valence electrons. The van der Waals surface area contributed by atoms with Gasteiger partial charge in [0.2, 0.25) is 5.28 Å². The molecule has 3 aromatic heterocycles. The molecular formula is C36H20ClN3O. The van der Waals surface area contributed by atoms with Crippen molar-refractivity contribution in [3.63, 3.8) is 0 Å². The average Bonchev–Trinajstić information content (AvgIpc) is 3.54. The van der Waals surface area contributed by atoms with E-state index in [1.807, 2.05) is 18.2 Å². The molecule has 0 radical (unpaired) electrons. The highest BCUT2D eigenvalue weighted by Crippen LogP contribution is 2.41. The predicted molar refractivity (Wildman–Crippen MR) is 169 cm³/mol. The average molecular weight is 546 g/mol. The summed E-state index contributed by atoms with van der Waals surface area (Å²) in [5, 5.41) is 8.01. The second-order valence-electron chi connectivity index (χ2n) is 10.4. The van der Waals surface area contributed by atoms with Crippen LogP contribution in [0, 0.1) is 0 Å². The molecule has 0 aliphatic carbocycles. The van der Waals surface area contributed by atoms with Crippen molar-refractivity contribution in [3.05, 3.63) is 127 Å². The van der Waals surface area contributed by atoms with E-state index in [1.54, 1.807) is 0 Å². The third kappa shape index (κ3) is 3.28. The van der Waals surface area contributed by atoms with E-state index in [0.29, 0.717) is 16.9 Å². The Balaban J connectivity index is 1.45. The van der Waals surface area contributed by atoms with Crippen LogP contribution in [0.2, 0.25) is 5.28 Å². The molecule has 9 rings (SSSR count). The van der Waals surface area contributed by atoms with E-state index in [0.717, 1.165) is 49.3 Å². The van der Waals surface area contributed by atoms with Gasteiger partial charge in [0.05, 0.1) is 11.0 Å². The zero-order valence-corrected chi connectivity index (χ0v) is 22.4. The highest BCUT2D eigenvalue weighted by Gasteiger charge is 2.22. The summed E-state index contributed by atoms with van der Waals surface area (Å²) in [4.78, 5) is 9.48. The van der Waals surface area contributed by atoms with Crippen molar-refractivity contribution in [2.75, 3.05) is 0 Å². The first kappa shape index (κ1) is 22.6. The fourth-order valence-corrected chi connectivity index (χ4v) is 6.43. The van der Waals surface area contributed by atoms with Crippen LogP contribution in [0.1, 0.15) is 0 Å². The SMILES string of the molecule is Clc1nc(-n2c3cc(-c4ccccc4)ccc3c3c4ccccc4ccc32)c2oc3cc4ccccc4cc3c2n1. The van der Waals surface area contributed by atoms with Gasteiger partial charge in [-0.15, -0.1) is 0 Å². The van der Waals surface area contributed by atoms with Crippen LogP contribution in [0.15, 0.2) is 126 Å². The van der Waals surface area contributed by atoms with E-state index in [2.05, 4.69) is 113 Å².